The van der Waals surface area contributed by atoms with Crippen molar-refractivity contribution in [1.29, 1.82) is 0 Å². The molecule has 132 valence electrons. The summed E-state index contributed by atoms with van der Waals surface area (Å²) < 4.78 is 0. The van der Waals surface area contributed by atoms with E-state index in [2.05, 4.69) is 0 Å². The predicted octanol–water partition coefficient (Wildman–Crippen LogP) is -5.82. The average molecular weight is 327 g/mol. The fourth-order valence-corrected chi connectivity index (χ4v) is 2.50. The molecule has 1 aliphatic heterocycles. The summed E-state index contributed by atoms with van der Waals surface area (Å²) in [5.74, 6) is 0. The second-order valence-electron chi connectivity index (χ2n) is 5.55. The van der Waals surface area contributed by atoms with Crippen LogP contribution in [0.25, 0.3) is 0 Å². The molecule has 1 heterocycles. The lowest BCUT2D eigenvalue weighted by Gasteiger charge is -2.32. The second kappa shape index (κ2) is 8.45. The number of aliphatic hydroxyl groups is 9. The molecule has 0 bridgehead atoms. The van der Waals surface area contributed by atoms with Gasteiger partial charge in [-0.05, 0) is 0 Å². The van der Waals surface area contributed by atoms with Gasteiger partial charge in [0, 0.05) is 13.1 Å². The number of β-amino-alcohol motifs (C(OH)–C–C–N with tert-alkyl or cyclic N) is 2. The normalized spacial score (nSPS) is 33.4. The van der Waals surface area contributed by atoms with Gasteiger partial charge in [0.15, 0.2) is 0 Å². The third-order valence-electron chi connectivity index (χ3n) is 3.96. The Bertz CT molecular complexity index is 334. The van der Waals surface area contributed by atoms with Crippen LogP contribution in [-0.4, -0.2) is 126 Å². The summed E-state index contributed by atoms with van der Waals surface area (Å²) in [6.45, 7) is -1.65. The molecule has 10 heteroatoms. The van der Waals surface area contributed by atoms with E-state index >= 15 is 0 Å². The van der Waals surface area contributed by atoms with E-state index < -0.39 is 62.0 Å². The highest BCUT2D eigenvalue weighted by Crippen LogP contribution is 2.20. The van der Waals surface area contributed by atoms with Crippen LogP contribution < -0.4 is 0 Å². The van der Waals surface area contributed by atoms with E-state index in [9.17, 15) is 40.9 Å². The summed E-state index contributed by atoms with van der Waals surface area (Å²) in [5.41, 5.74) is 0. The van der Waals surface area contributed by atoms with Crippen molar-refractivity contribution in [3.05, 3.63) is 0 Å². The Hall–Kier alpha value is -0.400. The van der Waals surface area contributed by atoms with Gasteiger partial charge in [-0.3, -0.25) is 4.90 Å². The van der Waals surface area contributed by atoms with Crippen LogP contribution in [0, 0.1) is 0 Å². The maximum atomic E-state index is 9.89. The van der Waals surface area contributed by atoms with Gasteiger partial charge in [-0.25, -0.2) is 0 Å². The summed E-state index contributed by atoms with van der Waals surface area (Å²) >= 11 is 0. The Morgan fingerprint density at radius 3 is 1.91 bits per heavy atom. The van der Waals surface area contributed by atoms with Crippen molar-refractivity contribution < 1.29 is 46.0 Å². The van der Waals surface area contributed by atoms with Gasteiger partial charge in [0.1, 0.15) is 24.4 Å². The lowest BCUT2D eigenvalue weighted by Crippen LogP contribution is -2.53. The fourth-order valence-electron chi connectivity index (χ4n) is 2.50. The molecule has 8 atom stereocenters. The molecule has 1 saturated heterocycles. The monoisotopic (exact) mass is 327 g/mol. The number of aliphatic hydroxyl groups excluding tert-OH is 9. The van der Waals surface area contributed by atoms with Crippen LogP contribution in [0.3, 0.4) is 0 Å². The topological polar surface area (TPSA) is 185 Å². The van der Waals surface area contributed by atoms with Gasteiger partial charge in [0.05, 0.1) is 37.6 Å². The third kappa shape index (κ3) is 4.32. The van der Waals surface area contributed by atoms with E-state index in [-0.39, 0.29) is 13.1 Å². The van der Waals surface area contributed by atoms with Crippen LogP contribution in [0.5, 0.6) is 0 Å². The summed E-state index contributed by atoms with van der Waals surface area (Å²) in [5, 5.41) is 85.0. The van der Waals surface area contributed by atoms with Crippen LogP contribution in [0.2, 0.25) is 0 Å². The van der Waals surface area contributed by atoms with E-state index in [1.165, 1.54) is 4.90 Å². The standard InChI is InChI=1S/C12H25NO9/c14-3-5-9(19)6(16)1-13(5)2-7(17)10(20)12(22)11(21)8(18)4-15/h5-12,14-22H,1-4H2/t5-,6-,7-,8+,9?,10-,11-,12+/m1/s1. The van der Waals surface area contributed by atoms with E-state index in [1.54, 1.807) is 0 Å². The Morgan fingerprint density at radius 2 is 1.41 bits per heavy atom. The van der Waals surface area contributed by atoms with E-state index in [4.69, 9.17) is 5.11 Å². The van der Waals surface area contributed by atoms with Crippen LogP contribution in [-0.2, 0) is 0 Å². The van der Waals surface area contributed by atoms with E-state index in [0.717, 1.165) is 0 Å². The van der Waals surface area contributed by atoms with Gasteiger partial charge in [-0.2, -0.15) is 0 Å². The second-order valence-corrected chi connectivity index (χ2v) is 5.55. The highest BCUT2D eigenvalue weighted by atomic mass is 16.4. The molecule has 0 spiro atoms. The predicted molar refractivity (Wildman–Crippen MR) is 71.6 cm³/mol. The average Bonchev–Trinajstić information content (AvgIpc) is 2.77. The van der Waals surface area contributed by atoms with Crippen molar-refractivity contribution in [3.8, 4) is 0 Å². The lowest BCUT2D eigenvalue weighted by molar-refractivity contribution is -0.144. The molecule has 0 amide bonds. The Kier molecular flexibility index (Phi) is 7.55. The molecular formula is C12H25NO9. The molecule has 9 N–H and O–H groups in total. The van der Waals surface area contributed by atoms with Gasteiger partial charge >= 0.3 is 0 Å². The molecule has 0 radical (unpaired) electrons. The number of rotatable bonds is 8. The summed E-state index contributed by atoms with van der Waals surface area (Å²) in [6.07, 6.45) is -11.2. The first kappa shape index (κ1) is 19.6. The highest BCUT2D eigenvalue weighted by Gasteiger charge is 2.42. The summed E-state index contributed by atoms with van der Waals surface area (Å²) in [4.78, 5) is 1.34. The minimum Gasteiger partial charge on any atom is -0.395 e. The van der Waals surface area contributed by atoms with Crippen molar-refractivity contribution in [2.24, 2.45) is 0 Å². The van der Waals surface area contributed by atoms with Gasteiger partial charge in [-0.15, -0.1) is 0 Å². The molecule has 1 fully saturated rings. The van der Waals surface area contributed by atoms with Crippen molar-refractivity contribution >= 4 is 0 Å². The molecule has 1 rings (SSSR count). The minimum atomic E-state index is -1.91. The number of nitrogens with zero attached hydrogens (tertiary/aromatic N) is 1. The molecule has 22 heavy (non-hydrogen) atoms. The molecule has 1 aliphatic rings. The third-order valence-corrected chi connectivity index (χ3v) is 3.96. The summed E-state index contributed by atoms with van der Waals surface area (Å²) in [7, 11) is 0. The van der Waals surface area contributed by atoms with Gasteiger partial charge in [-0.1, -0.05) is 0 Å². The molecule has 0 aliphatic carbocycles. The van der Waals surface area contributed by atoms with Gasteiger partial charge in [0.2, 0.25) is 0 Å². The first-order valence-electron chi connectivity index (χ1n) is 6.96. The van der Waals surface area contributed by atoms with Crippen LogP contribution in [0.1, 0.15) is 0 Å². The molecule has 0 aromatic heterocycles. The quantitative estimate of drug-likeness (QED) is 0.208. The molecule has 0 aromatic carbocycles. The SMILES string of the molecule is OC[C@@H]1C(O)[C@H](O)CN1C[C@@H](O)[C@@H](O)[C@H](O)[C@H](O)[C@@H](O)CO. The Balaban J connectivity index is 2.62. The van der Waals surface area contributed by atoms with Gasteiger partial charge in [0.25, 0.3) is 0 Å². The Labute approximate surface area is 127 Å². The first-order chi connectivity index (χ1) is 10.2. The van der Waals surface area contributed by atoms with E-state index in [1.807, 2.05) is 0 Å². The van der Waals surface area contributed by atoms with Gasteiger partial charge < -0.3 is 46.0 Å². The molecular weight excluding hydrogens is 302 g/mol. The molecule has 0 saturated carbocycles. The van der Waals surface area contributed by atoms with Crippen molar-refractivity contribution in [2.75, 3.05) is 26.3 Å². The number of likely N-dealkylation sites (tertiary alicyclic amines) is 1. The maximum absolute atomic E-state index is 9.89. The highest BCUT2D eigenvalue weighted by molar-refractivity contribution is 4.95. The van der Waals surface area contributed by atoms with E-state index in [0.29, 0.717) is 0 Å². The smallest absolute Gasteiger partial charge is 0.111 e. The van der Waals surface area contributed by atoms with Crippen molar-refractivity contribution in [3.63, 3.8) is 0 Å². The minimum absolute atomic E-state index is 0.0475. The number of hydrogen-bond donors (Lipinski definition) is 9. The summed E-state index contributed by atoms with van der Waals surface area (Å²) in [6, 6.07) is -0.832. The largest absolute Gasteiger partial charge is 0.395 e. The van der Waals surface area contributed by atoms with Crippen LogP contribution in [0.4, 0.5) is 0 Å². The Morgan fingerprint density at radius 1 is 0.864 bits per heavy atom. The van der Waals surface area contributed by atoms with Crippen LogP contribution in [0.15, 0.2) is 0 Å². The number of hydrogen-bond acceptors (Lipinski definition) is 10. The maximum Gasteiger partial charge on any atom is 0.111 e. The fraction of sp³-hybridized carbons (Fsp3) is 1.00. The zero-order valence-corrected chi connectivity index (χ0v) is 11.9. The zero-order valence-electron chi connectivity index (χ0n) is 11.9. The zero-order chi connectivity index (χ0) is 17.0. The lowest BCUT2D eigenvalue weighted by atomic mass is 9.99. The van der Waals surface area contributed by atoms with Crippen LogP contribution >= 0.6 is 0 Å². The molecule has 1 unspecified atom stereocenters. The molecule has 0 aromatic rings. The van der Waals surface area contributed by atoms with Crippen molar-refractivity contribution in [2.45, 2.75) is 48.8 Å². The first-order valence-corrected chi connectivity index (χ1v) is 6.96. The van der Waals surface area contributed by atoms with Crippen molar-refractivity contribution in [1.82, 2.24) is 4.90 Å². The molecule has 10 nitrogen and oxygen atoms in total.